The van der Waals surface area contributed by atoms with Crippen LogP contribution in [0, 0.1) is 0 Å². The zero-order chi connectivity index (χ0) is 10.3. The van der Waals surface area contributed by atoms with Gasteiger partial charge < -0.3 is 0 Å². The molecule has 6 heteroatoms. The second kappa shape index (κ2) is 3.01. The predicted molar refractivity (Wildman–Crippen MR) is 50.8 cm³/mol. The average molecular weight is 191 g/mol. The number of hydrogen-bond donors (Lipinski definition) is 2. The van der Waals surface area contributed by atoms with E-state index in [1.807, 2.05) is 0 Å². The summed E-state index contributed by atoms with van der Waals surface area (Å²) in [7, 11) is -1.83. The van der Waals surface area contributed by atoms with E-state index < -0.39 is 15.6 Å². The summed E-state index contributed by atoms with van der Waals surface area (Å²) in [6, 6.07) is -0.166. The van der Waals surface area contributed by atoms with E-state index in [-0.39, 0.29) is 6.04 Å². The molecule has 0 aromatic rings. The van der Waals surface area contributed by atoms with Crippen LogP contribution in [0.2, 0.25) is 1.41 Å². The van der Waals surface area contributed by atoms with Crippen molar-refractivity contribution in [2.45, 2.75) is 38.2 Å². The Morgan fingerprint density at radius 1 is 1.58 bits per heavy atom. The van der Waals surface area contributed by atoms with Crippen molar-refractivity contribution in [3.05, 3.63) is 0 Å². The zero-order valence-electron chi connectivity index (χ0n) is 8.66. The molecule has 0 aromatic carbocycles. The lowest BCUT2D eigenvalue weighted by Gasteiger charge is -2.14. The van der Waals surface area contributed by atoms with E-state index in [0.717, 1.165) is 12.8 Å². The van der Waals surface area contributed by atoms with Crippen molar-refractivity contribution in [2.75, 3.05) is 0 Å². The summed E-state index contributed by atoms with van der Waals surface area (Å²) >= 11 is 0. The van der Waals surface area contributed by atoms with Crippen molar-refractivity contribution in [2.24, 2.45) is 0 Å². The van der Waals surface area contributed by atoms with Crippen molar-refractivity contribution < 1.29 is 9.83 Å². The van der Waals surface area contributed by atoms with Crippen LogP contribution < -0.4 is 9.44 Å². The average Bonchev–Trinajstić information content (AvgIpc) is 2.65. The Bertz CT molecular complexity index is 289. The van der Waals surface area contributed by atoms with Crippen LogP contribution in [0.1, 0.15) is 26.7 Å². The Hall–Kier alpha value is -0.0651. The van der Waals surface area contributed by atoms with E-state index in [1.165, 1.54) is 0 Å². The normalized spacial score (nSPS) is 22.8. The molecule has 0 spiro atoms. The van der Waals surface area contributed by atoms with Gasteiger partial charge in [0.25, 0.3) is 10.2 Å². The van der Waals surface area contributed by atoms with E-state index in [4.69, 9.17) is 1.41 Å². The molecule has 0 unspecified atom stereocenters. The standard InChI is InChI=1S/C6H15BN2O2S/c1-5(2)8-12(10,11)9-6(7)3-4-6/h5,8-9H,3-4,7H2,1-2H3/i/hD. The Balaban J connectivity index is 2.69. The molecule has 0 amide bonds. The molecule has 1 fully saturated rings. The molecule has 1 aliphatic rings. The third-order valence-corrected chi connectivity index (χ3v) is 3.15. The fraction of sp³-hybridized carbons (Fsp3) is 1.00. The van der Waals surface area contributed by atoms with Gasteiger partial charge in [0, 0.05) is 11.5 Å². The lowest BCUT2D eigenvalue weighted by molar-refractivity contribution is 0.550. The first kappa shape index (κ1) is 8.53. The summed E-state index contributed by atoms with van der Waals surface area (Å²) in [6.45, 7) is 3.47. The highest BCUT2D eigenvalue weighted by molar-refractivity contribution is 7.87. The molecule has 4 nitrogen and oxygen atoms in total. The van der Waals surface area contributed by atoms with Crippen LogP contribution in [-0.4, -0.2) is 27.7 Å². The quantitative estimate of drug-likeness (QED) is 0.556. The molecular weight excluding hydrogens is 175 g/mol. The number of nitrogens with one attached hydrogen (secondary N) is 2. The Morgan fingerprint density at radius 3 is 2.42 bits per heavy atom. The van der Waals surface area contributed by atoms with Crippen LogP contribution in [0.25, 0.3) is 0 Å². The molecule has 1 saturated carbocycles. The molecule has 2 N–H and O–H groups in total. The minimum absolute atomic E-state index is 0.166. The SMILES string of the molecule is [2H]N(C1(B)CC1)S(=O)(=O)NC(C)C. The third-order valence-electron chi connectivity index (χ3n) is 1.70. The van der Waals surface area contributed by atoms with Crippen LogP contribution in [0.3, 0.4) is 0 Å². The van der Waals surface area contributed by atoms with Crippen molar-refractivity contribution in [1.29, 1.82) is 0 Å². The molecule has 0 atom stereocenters. The van der Waals surface area contributed by atoms with E-state index in [1.54, 1.807) is 21.7 Å². The largest absolute Gasteiger partial charge is 0.276 e. The molecule has 1 rings (SSSR count). The third kappa shape index (κ3) is 3.12. The monoisotopic (exact) mass is 191 g/mol. The summed E-state index contributed by atoms with van der Waals surface area (Å²) in [5, 5.41) is 0. The lowest BCUT2D eigenvalue weighted by atomic mass is 9.95. The molecule has 0 heterocycles. The minimum atomic E-state index is -3.60. The first-order valence-corrected chi connectivity index (χ1v) is 5.53. The molecule has 0 aromatic heterocycles. The summed E-state index contributed by atoms with van der Waals surface area (Å²) in [4.78, 5) is 0. The van der Waals surface area contributed by atoms with Gasteiger partial charge in [0.2, 0.25) is 0 Å². The van der Waals surface area contributed by atoms with Gasteiger partial charge in [-0.15, -0.1) is 0 Å². The number of hydrogen-bond acceptors (Lipinski definition) is 2. The summed E-state index contributed by atoms with van der Waals surface area (Å²) < 4.78 is 33.4. The molecule has 0 bridgehead atoms. The van der Waals surface area contributed by atoms with Crippen molar-refractivity contribution >= 4 is 18.1 Å². The van der Waals surface area contributed by atoms with Crippen LogP contribution in [0.15, 0.2) is 0 Å². The highest BCUT2D eigenvalue weighted by Gasteiger charge is 2.40. The summed E-state index contributed by atoms with van der Waals surface area (Å²) in [5.74, 6) is 0. The molecule has 1 aliphatic carbocycles. The lowest BCUT2D eigenvalue weighted by Crippen LogP contribution is -2.46. The minimum Gasteiger partial charge on any atom is -0.204 e. The summed E-state index contributed by atoms with van der Waals surface area (Å²) in [6.07, 6.45) is 1.55. The topological polar surface area (TPSA) is 58.2 Å². The van der Waals surface area contributed by atoms with Crippen molar-refractivity contribution in [1.82, 2.24) is 9.44 Å². The summed E-state index contributed by atoms with van der Waals surface area (Å²) in [5.41, 5.74) is -0.472. The number of rotatable bonds is 4. The fourth-order valence-corrected chi connectivity index (χ4v) is 2.30. The zero-order valence-corrected chi connectivity index (χ0v) is 8.48. The highest BCUT2D eigenvalue weighted by Crippen LogP contribution is 2.31. The fourth-order valence-electron chi connectivity index (χ4n) is 0.887. The first-order chi connectivity index (χ1) is 5.78. The van der Waals surface area contributed by atoms with Crippen molar-refractivity contribution in [3.8, 4) is 0 Å². The maximum absolute atomic E-state index is 11.5. The van der Waals surface area contributed by atoms with Gasteiger partial charge >= 0.3 is 0 Å². The smallest absolute Gasteiger partial charge is 0.204 e. The molecule has 70 valence electrons. The van der Waals surface area contributed by atoms with Gasteiger partial charge in [-0.3, -0.25) is 0 Å². The Labute approximate surface area is 76.2 Å². The second-order valence-electron chi connectivity index (χ2n) is 3.84. The Morgan fingerprint density at radius 2 is 2.08 bits per heavy atom. The van der Waals surface area contributed by atoms with Gasteiger partial charge in [-0.2, -0.15) is 13.1 Å². The van der Waals surface area contributed by atoms with E-state index in [0.29, 0.717) is 4.72 Å². The maximum atomic E-state index is 11.5. The van der Waals surface area contributed by atoms with Crippen LogP contribution in [0.5, 0.6) is 0 Å². The van der Waals surface area contributed by atoms with Gasteiger partial charge in [0.05, 0.1) is 0 Å². The van der Waals surface area contributed by atoms with E-state index in [9.17, 15) is 8.42 Å². The molecule has 0 saturated heterocycles. The van der Waals surface area contributed by atoms with E-state index in [2.05, 4.69) is 4.72 Å². The molecule has 0 aliphatic heterocycles. The first-order valence-electron chi connectivity index (χ1n) is 4.54. The van der Waals surface area contributed by atoms with Gasteiger partial charge in [-0.05, 0) is 26.7 Å². The predicted octanol–water partition coefficient (Wildman–Crippen LogP) is -1.06. The van der Waals surface area contributed by atoms with Crippen molar-refractivity contribution in [3.63, 3.8) is 0 Å². The van der Waals surface area contributed by atoms with Crippen LogP contribution in [0.4, 0.5) is 0 Å². The van der Waals surface area contributed by atoms with Gasteiger partial charge in [-0.1, -0.05) is 0 Å². The highest BCUT2D eigenvalue weighted by atomic mass is 32.2. The Kier molecular flexibility index (Phi) is 2.14. The molecule has 12 heavy (non-hydrogen) atoms. The van der Waals surface area contributed by atoms with Crippen LogP contribution >= 0.6 is 0 Å². The maximum Gasteiger partial charge on any atom is 0.276 e. The molecular formula is C6H15BN2O2S. The van der Waals surface area contributed by atoms with Gasteiger partial charge in [0.1, 0.15) is 9.26 Å². The van der Waals surface area contributed by atoms with Crippen LogP contribution in [-0.2, 0) is 10.2 Å². The second-order valence-corrected chi connectivity index (χ2v) is 5.20. The van der Waals surface area contributed by atoms with Gasteiger partial charge in [0.15, 0.2) is 0 Å². The van der Waals surface area contributed by atoms with Gasteiger partial charge in [-0.25, -0.2) is 4.72 Å². The molecule has 0 radical (unpaired) electrons. The van der Waals surface area contributed by atoms with E-state index >= 15 is 0 Å².